The average molecular weight is 326 g/mol. The number of carbonyl (C=O) groups is 1. The number of aliphatic carboxylic acids is 1. The number of nitrogens with one attached hydrogen (secondary N) is 1. The van der Waals surface area contributed by atoms with E-state index >= 15 is 0 Å². The summed E-state index contributed by atoms with van der Waals surface area (Å²) in [6, 6.07) is 18.6. The summed E-state index contributed by atoms with van der Waals surface area (Å²) in [4.78, 5) is 13.0. The lowest BCUT2D eigenvalue weighted by molar-refractivity contribution is -0.137. The molecule has 0 aromatic heterocycles. The Balaban J connectivity index is 2.03. The van der Waals surface area contributed by atoms with Crippen LogP contribution in [0.2, 0.25) is 0 Å². The summed E-state index contributed by atoms with van der Waals surface area (Å²) < 4.78 is 0. The van der Waals surface area contributed by atoms with Crippen molar-refractivity contribution >= 4 is 11.7 Å². The number of carboxylic acid groups (broad SMARTS) is 1. The lowest BCUT2D eigenvalue weighted by Crippen LogP contribution is -2.32. The predicted molar refractivity (Wildman–Crippen MR) is 98.4 cm³/mol. The van der Waals surface area contributed by atoms with E-state index in [-0.39, 0.29) is 12.5 Å². The first kappa shape index (κ1) is 18.0. The van der Waals surface area contributed by atoms with Gasteiger partial charge >= 0.3 is 5.97 Å². The van der Waals surface area contributed by atoms with Crippen molar-refractivity contribution in [2.75, 3.05) is 19.0 Å². The SMILES string of the molecule is CN(C)c1ccccc1CNC(CCC(=O)O)Cc1ccccc1. The second-order valence-electron chi connectivity index (χ2n) is 6.22. The van der Waals surface area contributed by atoms with Gasteiger partial charge in [-0.3, -0.25) is 4.79 Å². The molecule has 2 rings (SSSR count). The van der Waals surface area contributed by atoms with Crippen molar-refractivity contribution in [3.8, 4) is 0 Å². The fourth-order valence-corrected chi connectivity index (χ4v) is 2.82. The monoisotopic (exact) mass is 326 g/mol. The molecule has 2 aromatic rings. The molecule has 0 amide bonds. The molecule has 2 aromatic carbocycles. The van der Waals surface area contributed by atoms with Gasteiger partial charge in [-0.1, -0.05) is 48.5 Å². The number of hydrogen-bond donors (Lipinski definition) is 2. The van der Waals surface area contributed by atoms with Gasteiger partial charge in [0.2, 0.25) is 0 Å². The van der Waals surface area contributed by atoms with Crippen LogP contribution in [0.15, 0.2) is 54.6 Å². The lowest BCUT2D eigenvalue weighted by Gasteiger charge is -2.22. The van der Waals surface area contributed by atoms with E-state index in [1.807, 2.05) is 44.4 Å². The summed E-state index contributed by atoms with van der Waals surface area (Å²) in [6.45, 7) is 0.728. The molecule has 0 saturated heterocycles. The predicted octanol–water partition coefficient (Wildman–Crippen LogP) is 3.32. The summed E-state index contributed by atoms with van der Waals surface area (Å²) in [5.41, 5.74) is 3.62. The lowest BCUT2D eigenvalue weighted by atomic mass is 10.0. The van der Waals surface area contributed by atoms with E-state index < -0.39 is 5.97 Å². The second-order valence-corrected chi connectivity index (χ2v) is 6.22. The van der Waals surface area contributed by atoms with Gasteiger partial charge in [0.1, 0.15) is 0 Å². The van der Waals surface area contributed by atoms with Crippen molar-refractivity contribution in [2.24, 2.45) is 0 Å². The van der Waals surface area contributed by atoms with Crippen LogP contribution in [0.4, 0.5) is 5.69 Å². The van der Waals surface area contributed by atoms with Crippen molar-refractivity contribution in [3.63, 3.8) is 0 Å². The van der Waals surface area contributed by atoms with Crippen molar-refractivity contribution in [1.29, 1.82) is 0 Å². The van der Waals surface area contributed by atoms with Crippen LogP contribution in [0.1, 0.15) is 24.0 Å². The van der Waals surface area contributed by atoms with Crippen molar-refractivity contribution < 1.29 is 9.90 Å². The number of carboxylic acids is 1. The molecular weight excluding hydrogens is 300 g/mol. The van der Waals surface area contributed by atoms with Crippen LogP contribution >= 0.6 is 0 Å². The molecule has 1 atom stereocenters. The van der Waals surface area contributed by atoms with Crippen LogP contribution in [0, 0.1) is 0 Å². The molecule has 2 N–H and O–H groups in total. The minimum absolute atomic E-state index is 0.138. The highest BCUT2D eigenvalue weighted by atomic mass is 16.4. The molecule has 1 unspecified atom stereocenters. The molecule has 0 aliphatic rings. The maximum absolute atomic E-state index is 10.9. The summed E-state index contributed by atoms with van der Waals surface area (Å²) in [7, 11) is 4.06. The zero-order valence-corrected chi connectivity index (χ0v) is 14.4. The maximum atomic E-state index is 10.9. The Bertz CT molecular complexity index is 641. The van der Waals surface area contributed by atoms with Crippen molar-refractivity contribution in [1.82, 2.24) is 5.32 Å². The van der Waals surface area contributed by atoms with Gasteiger partial charge in [-0.15, -0.1) is 0 Å². The highest BCUT2D eigenvalue weighted by Gasteiger charge is 2.13. The highest BCUT2D eigenvalue weighted by molar-refractivity contribution is 5.66. The molecule has 0 radical (unpaired) electrons. The first-order valence-electron chi connectivity index (χ1n) is 8.30. The Morgan fingerprint density at radius 3 is 2.42 bits per heavy atom. The first-order valence-corrected chi connectivity index (χ1v) is 8.30. The number of para-hydroxylation sites is 1. The summed E-state index contributed by atoms with van der Waals surface area (Å²) in [5.74, 6) is -0.747. The Hall–Kier alpha value is -2.33. The van der Waals surface area contributed by atoms with Gasteiger partial charge in [0, 0.05) is 38.8 Å². The van der Waals surface area contributed by atoms with E-state index in [2.05, 4.69) is 34.5 Å². The van der Waals surface area contributed by atoms with Gasteiger partial charge in [-0.25, -0.2) is 0 Å². The smallest absolute Gasteiger partial charge is 0.303 e. The van der Waals surface area contributed by atoms with Gasteiger partial charge < -0.3 is 15.3 Å². The highest BCUT2D eigenvalue weighted by Crippen LogP contribution is 2.18. The van der Waals surface area contributed by atoms with E-state index in [9.17, 15) is 4.79 Å². The van der Waals surface area contributed by atoms with Crippen LogP contribution in [0.25, 0.3) is 0 Å². The summed E-state index contributed by atoms with van der Waals surface area (Å²) >= 11 is 0. The molecule has 0 aliphatic heterocycles. The van der Waals surface area contributed by atoms with Crippen LogP contribution < -0.4 is 10.2 Å². The van der Waals surface area contributed by atoms with Crippen molar-refractivity contribution in [3.05, 3.63) is 65.7 Å². The fourth-order valence-electron chi connectivity index (χ4n) is 2.82. The molecule has 24 heavy (non-hydrogen) atoms. The zero-order valence-electron chi connectivity index (χ0n) is 14.4. The van der Waals surface area contributed by atoms with Crippen molar-refractivity contribution in [2.45, 2.75) is 31.8 Å². The van der Waals surface area contributed by atoms with Crippen LogP contribution in [-0.4, -0.2) is 31.2 Å². The van der Waals surface area contributed by atoms with E-state index in [0.29, 0.717) is 6.42 Å². The Kier molecular flexibility index (Phi) is 6.82. The average Bonchev–Trinajstić information content (AvgIpc) is 2.58. The van der Waals surface area contributed by atoms with Crippen LogP contribution in [0.3, 0.4) is 0 Å². The standard InChI is InChI=1S/C20H26N2O2/c1-22(2)19-11-7-6-10-17(19)15-21-18(12-13-20(23)24)14-16-8-4-3-5-9-16/h3-11,18,21H,12-15H2,1-2H3,(H,23,24). The number of hydrogen-bond acceptors (Lipinski definition) is 3. The molecule has 4 nitrogen and oxygen atoms in total. The normalized spacial score (nSPS) is 11.9. The Labute approximate surface area is 144 Å². The molecule has 4 heteroatoms. The molecule has 128 valence electrons. The third kappa shape index (κ3) is 5.70. The van der Waals surface area contributed by atoms with E-state index in [1.165, 1.54) is 16.8 Å². The molecule has 0 heterocycles. The third-order valence-corrected chi connectivity index (χ3v) is 4.09. The molecule has 0 fully saturated rings. The summed E-state index contributed by atoms with van der Waals surface area (Å²) in [6.07, 6.45) is 1.63. The fraction of sp³-hybridized carbons (Fsp3) is 0.350. The van der Waals surface area contributed by atoms with Gasteiger partial charge in [0.25, 0.3) is 0 Å². The number of rotatable bonds is 9. The number of anilines is 1. The van der Waals surface area contributed by atoms with Gasteiger partial charge in [-0.2, -0.15) is 0 Å². The maximum Gasteiger partial charge on any atom is 0.303 e. The zero-order chi connectivity index (χ0) is 17.4. The largest absolute Gasteiger partial charge is 0.481 e. The molecule has 0 saturated carbocycles. The minimum atomic E-state index is -0.747. The first-order chi connectivity index (χ1) is 11.6. The van der Waals surface area contributed by atoms with E-state index in [4.69, 9.17) is 5.11 Å². The molecule has 0 spiro atoms. The van der Waals surface area contributed by atoms with E-state index in [1.54, 1.807) is 0 Å². The third-order valence-electron chi connectivity index (χ3n) is 4.09. The Morgan fingerprint density at radius 1 is 1.08 bits per heavy atom. The van der Waals surface area contributed by atoms with E-state index in [0.717, 1.165) is 13.0 Å². The minimum Gasteiger partial charge on any atom is -0.481 e. The molecular formula is C20H26N2O2. The topological polar surface area (TPSA) is 52.6 Å². The second kappa shape index (κ2) is 9.08. The van der Waals surface area contributed by atoms with Gasteiger partial charge in [-0.05, 0) is 30.0 Å². The quantitative estimate of drug-likeness (QED) is 0.742. The van der Waals surface area contributed by atoms with Gasteiger partial charge in [0.05, 0.1) is 0 Å². The molecule has 0 bridgehead atoms. The Morgan fingerprint density at radius 2 is 1.75 bits per heavy atom. The number of benzene rings is 2. The summed E-state index contributed by atoms with van der Waals surface area (Å²) in [5, 5.41) is 12.5. The van der Waals surface area contributed by atoms with Crippen LogP contribution in [-0.2, 0) is 17.8 Å². The number of nitrogens with zero attached hydrogens (tertiary/aromatic N) is 1. The van der Waals surface area contributed by atoms with Crippen LogP contribution in [0.5, 0.6) is 0 Å². The molecule has 0 aliphatic carbocycles. The van der Waals surface area contributed by atoms with Gasteiger partial charge in [0.15, 0.2) is 0 Å².